The van der Waals surface area contributed by atoms with Gasteiger partial charge in [0.1, 0.15) is 0 Å². The Bertz CT molecular complexity index is 515. The highest BCUT2D eigenvalue weighted by Crippen LogP contribution is 2.26. The molecule has 1 aromatic carbocycles. The first-order valence-electron chi connectivity index (χ1n) is 5.75. The van der Waals surface area contributed by atoms with Gasteiger partial charge < -0.3 is 0 Å². The Hall–Kier alpha value is -1.40. The van der Waals surface area contributed by atoms with Crippen molar-refractivity contribution < 1.29 is 8.42 Å². The van der Waals surface area contributed by atoms with Crippen molar-refractivity contribution in [1.29, 1.82) is 0 Å². The van der Waals surface area contributed by atoms with Gasteiger partial charge in [0.05, 0.1) is 18.8 Å². The molecule has 1 aliphatic heterocycles. The normalized spacial score (nSPS) is 21.8. The predicted molar refractivity (Wildman–Crippen MR) is 71.9 cm³/mol. The molecular formula is C12H17N3O2S. The summed E-state index contributed by atoms with van der Waals surface area (Å²) in [5.41, 5.74) is 1.05. The third kappa shape index (κ3) is 2.70. The van der Waals surface area contributed by atoms with Crippen LogP contribution in [0.1, 0.15) is 11.6 Å². The van der Waals surface area contributed by atoms with Crippen LogP contribution in [0.4, 0.5) is 0 Å². The van der Waals surface area contributed by atoms with Crippen molar-refractivity contribution >= 4 is 16.7 Å². The molecule has 1 heterocycles. The number of piperazine rings is 1. The lowest BCUT2D eigenvalue weighted by molar-refractivity contribution is 0.124. The van der Waals surface area contributed by atoms with Crippen LogP contribution in [0.15, 0.2) is 35.4 Å². The van der Waals surface area contributed by atoms with Gasteiger partial charge in [0.15, 0.2) is 0 Å². The summed E-state index contributed by atoms with van der Waals surface area (Å²) in [4.78, 5) is 0. The first-order chi connectivity index (χ1) is 8.52. The minimum Gasteiger partial charge on any atom is -0.287 e. The van der Waals surface area contributed by atoms with Gasteiger partial charge in [-0.1, -0.05) is 30.3 Å². The van der Waals surface area contributed by atoms with Gasteiger partial charge in [-0.3, -0.25) is 5.01 Å². The highest BCUT2D eigenvalue weighted by atomic mass is 32.2. The summed E-state index contributed by atoms with van der Waals surface area (Å²) in [6.45, 7) is 5.00. The molecule has 1 atom stereocenters. The molecule has 0 bridgehead atoms. The van der Waals surface area contributed by atoms with Gasteiger partial charge in [-0.05, 0) is 5.56 Å². The molecule has 0 amide bonds. The number of benzene rings is 1. The third-order valence-corrected chi connectivity index (χ3v) is 4.42. The van der Waals surface area contributed by atoms with E-state index in [9.17, 15) is 8.42 Å². The van der Waals surface area contributed by atoms with Gasteiger partial charge in [0, 0.05) is 19.8 Å². The van der Waals surface area contributed by atoms with Crippen LogP contribution in [-0.2, 0) is 10.0 Å². The van der Waals surface area contributed by atoms with Crippen LogP contribution < -0.4 is 0 Å². The van der Waals surface area contributed by atoms with E-state index in [1.165, 1.54) is 10.6 Å². The highest BCUT2D eigenvalue weighted by molar-refractivity contribution is 7.88. The lowest BCUT2D eigenvalue weighted by atomic mass is 10.1. The molecule has 0 N–H and O–H groups in total. The number of hydrogen-bond acceptors (Lipinski definition) is 4. The van der Waals surface area contributed by atoms with E-state index in [1.54, 1.807) is 0 Å². The van der Waals surface area contributed by atoms with E-state index in [1.807, 2.05) is 35.3 Å². The molecule has 1 unspecified atom stereocenters. The third-order valence-electron chi connectivity index (χ3n) is 3.15. The van der Waals surface area contributed by atoms with Gasteiger partial charge in [-0.15, -0.1) is 0 Å². The SMILES string of the molecule is C=NN1CCN(S(C)(=O)=O)CC1c1ccccc1. The summed E-state index contributed by atoms with van der Waals surface area (Å²) in [6, 6.07) is 9.72. The number of nitrogens with zero attached hydrogens (tertiary/aromatic N) is 3. The predicted octanol–water partition coefficient (Wildman–Crippen LogP) is 0.920. The summed E-state index contributed by atoms with van der Waals surface area (Å²) in [5.74, 6) is 0. The molecule has 2 rings (SSSR count). The van der Waals surface area contributed by atoms with E-state index in [4.69, 9.17) is 0 Å². The molecule has 6 heteroatoms. The van der Waals surface area contributed by atoms with Crippen molar-refractivity contribution in [3.05, 3.63) is 35.9 Å². The fraction of sp³-hybridized carbons (Fsp3) is 0.417. The van der Waals surface area contributed by atoms with Crippen molar-refractivity contribution in [2.24, 2.45) is 5.10 Å². The van der Waals surface area contributed by atoms with Crippen molar-refractivity contribution in [3.8, 4) is 0 Å². The molecule has 0 aromatic heterocycles. The Kier molecular flexibility index (Phi) is 3.68. The molecule has 98 valence electrons. The molecule has 1 aliphatic rings. The van der Waals surface area contributed by atoms with E-state index in [0.717, 1.165) is 5.56 Å². The van der Waals surface area contributed by atoms with Crippen molar-refractivity contribution in [2.75, 3.05) is 25.9 Å². The lowest BCUT2D eigenvalue weighted by Crippen LogP contribution is -2.48. The van der Waals surface area contributed by atoms with E-state index in [-0.39, 0.29) is 6.04 Å². The van der Waals surface area contributed by atoms with Crippen LogP contribution in [0.3, 0.4) is 0 Å². The summed E-state index contributed by atoms with van der Waals surface area (Å²) in [5, 5.41) is 5.83. The first-order valence-corrected chi connectivity index (χ1v) is 7.60. The van der Waals surface area contributed by atoms with Gasteiger partial charge in [0.25, 0.3) is 0 Å². The highest BCUT2D eigenvalue weighted by Gasteiger charge is 2.31. The zero-order valence-corrected chi connectivity index (χ0v) is 11.2. The Labute approximate surface area is 108 Å². The second-order valence-electron chi connectivity index (χ2n) is 4.35. The minimum absolute atomic E-state index is 0.0628. The molecule has 5 nitrogen and oxygen atoms in total. The fourth-order valence-corrected chi connectivity index (χ4v) is 3.00. The van der Waals surface area contributed by atoms with Gasteiger partial charge in [-0.2, -0.15) is 9.41 Å². The van der Waals surface area contributed by atoms with Crippen LogP contribution in [0, 0.1) is 0 Å². The summed E-state index contributed by atoms with van der Waals surface area (Å²) in [7, 11) is -3.15. The summed E-state index contributed by atoms with van der Waals surface area (Å²) in [6.07, 6.45) is 1.24. The molecule has 1 fully saturated rings. The topological polar surface area (TPSA) is 53.0 Å². The standard InChI is InChI=1S/C12H17N3O2S/c1-13-15-9-8-14(18(2,16)17)10-12(15)11-6-4-3-5-7-11/h3-7,12H,1,8-10H2,2H3. The maximum absolute atomic E-state index is 11.6. The number of sulfonamides is 1. The van der Waals surface area contributed by atoms with Crippen LogP contribution in [0.5, 0.6) is 0 Å². The molecule has 0 radical (unpaired) electrons. The second kappa shape index (κ2) is 5.07. The summed E-state index contributed by atoms with van der Waals surface area (Å²) < 4.78 is 24.7. The van der Waals surface area contributed by atoms with Gasteiger partial charge in [0.2, 0.25) is 10.0 Å². The largest absolute Gasteiger partial charge is 0.287 e. The Morgan fingerprint density at radius 2 is 1.94 bits per heavy atom. The molecule has 0 saturated carbocycles. The molecule has 0 aliphatic carbocycles. The quantitative estimate of drug-likeness (QED) is 0.765. The molecular weight excluding hydrogens is 250 g/mol. The zero-order valence-electron chi connectivity index (χ0n) is 10.4. The van der Waals surface area contributed by atoms with Crippen molar-refractivity contribution in [2.45, 2.75) is 6.04 Å². The molecule has 0 spiro atoms. The Morgan fingerprint density at radius 1 is 1.28 bits per heavy atom. The second-order valence-corrected chi connectivity index (χ2v) is 6.33. The number of hydrazone groups is 1. The van der Waals surface area contributed by atoms with E-state index in [0.29, 0.717) is 19.6 Å². The Balaban J connectivity index is 2.27. The molecule has 1 saturated heterocycles. The average molecular weight is 267 g/mol. The average Bonchev–Trinajstić information content (AvgIpc) is 2.38. The van der Waals surface area contributed by atoms with Crippen LogP contribution in [-0.4, -0.2) is 50.3 Å². The maximum Gasteiger partial charge on any atom is 0.211 e. The first kappa shape index (κ1) is 13.0. The van der Waals surface area contributed by atoms with Crippen LogP contribution >= 0.6 is 0 Å². The maximum atomic E-state index is 11.6. The monoisotopic (exact) mass is 267 g/mol. The molecule has 18 heavy (non-hydrogen) atoms. The smallest absolute Gasteiger partial charge is 0.211 e. The van der Waals surface area contributed by atoms with Crippen molar-refractivity contribution in [1.82, 2.24) is 9.31 Å². The number of hydrogen-bond donors (Lipinski definition) is 0. The van der Waals surface area contributed by atoms with E-state index >= 15 is 0 Å². The zero-order chi connectivity index (χ0) is 13.2. The van der Waals surface area contributed by atoms with Crippen molar-refractivity contribution in [3.63, 3.8) is 0 Å². The number of rotatable bonds is 3. The molecule has 1 aromatic rings. The van der Waals surface area contributed by atoms with E-state index in [2.05, 4.69) is 11.8 Å². The van der Waals surface area contributed by atoms with Crippen LogP contribution in [0.25, 0.3) is 0 Å². The summed E-state index contributed by atoms with van der Waals surface area (Å²) >= 11 is 0. The van der Waals surface area contributed by atoms with Gasteiger partial charge >= 0.3 is 0 Å². The fourth-order valence-electron chi connectivity index (χ4n) is 2.17. The van der Waals surface area contributed by atoms with Gasteiger partial charge in [-0.25, -0.2) is 8.42 Å². The van der Waals surface area contributed by atoms with Crippen LogP contribution in [0.2, 0.25) is 0 Å². The Morgan fingerprint density at radius 3 is 2.50 bits per heavy atom. The van der Waals surface area contributed by atoms with E-state index < -0.39 is 10.0 Å². The lowest BCUT2D eigenvalue weighted by Gasteiger charge is -2.38. The minimum atomic E-state index is -3.15.